The molecule has 0 saturated carbocycles. The molecule has 2 aromatic carbocycles. The minimum Gasteiger partial charge on any atom is -0.506 e. The lowest BCUT2D eigenvalue weighted by molar-refractivity contribution is 0.0601. The van der Waals surface area contributed by atoms with E-state index < -0.39 is 5.97 Å². The number of ether oxygens (including phenoxy) is 1. The number of hydrogen-bond donors (Lipinski definition) is 3. The summed E-state index contributed by atoms with van der Waals surface area (Å²) in [6.45, 7) is 0. The van der Waals surface area contributed by atoms with Crippen LogP contribution in [0.2, 0.25) is 0 Å². The zero-order valence-corrected chi connectivity index (χ0v) is 10.3. The number of methoxy groups -OCH3 is 1. The van der Waals surface area contributed by atoms with Gasteiger partial charge in [-0.3, -0.25) is 0 Å². The van der Waals surface area contributed by atoms with Crippen molar-refractivity contribution < 1.29 is 19.7 Å². The number of benzene rings is 2. The Morgan fingerprint density at radius 2 is 1.74 bits per heavy atom. The predicted octanol–water partition coefficient (Wildman–Crippen LogP) is 2.63. The summed E-state index contributed by atoms with van der Waals surface area (Å²) < 4.78 is 4.61. The number of carbonyl (C=O) groups excluding carboxylic acids is 1. The third kappa shape index (κ3) is 2.77. The summed E-state index contributed by atoms with van der Waals surface area (Å²) in [5.41, 5.74) is 1.04. The predicted molar refractivity (Wildman–Crippen MR) is 70.8 cm³/mol. The van der Waals surface area contributed by atoms with Crippen molar-refractivity contribution in [1.29, 1.82) is 0 Å². The molecule has 0 saturated heterocycles. The van der Waals surface area contributed by atoms with Crippen molar-refractivity contribution in [2.75, 3.05) is 12.4 Å². The standard InChI is InChI=1S/C14H13NO4/c1-19-14(18)9-6-7-13(17)11(8-9)15-10-4-2-3-5-12(10)16/h2-8,15-17H,1H3. The highest BCUT2D eigenvalue weighted by atomic mass is 16.5. The van der Waals surface area contributed by atoms with Gasteiger partial charge in [-0.15, -0.1) is 0 Å². The Kier molecular flexibility index (Phi) is 3.56. The van der Waals surface area contributed by atoms with E-state index >= 15 is 0 Å². The van der Waals surface area contributed by atoms with Crippen LogP contribution in [-0.4, -0.2) is 23.3 Å². The summed E-state index contributed by atoms with van der Waals surface area (Å²) in [4.78, 5) is 11.4. The van der Waals surface area contributed by atoms with Crippen LogP contribution in [0.4, 0.5) is 11.4 Å². The molecule has 2 rings (SSSR count). The molecule has 0 bridgehead atoms. The quantitative estimate of drug-likeness (QED) is 0.583. The number of nitrogens with one attached hydrogen (secondary N) is 1. The van der Waals surface area contributed by atoms with E-state index in [0.29, 0.717) is 16.9 Å². The molecule has 5 nitrogen and oxygen atoms in total. The lowest BCUT2D eigenvalue weighted by Crippen LogP contribution is -2.02. The van der Waals surface area contributed by atoms with Crippen LogP contribution in [0.1, 0.15) is 10.4 Å². The number of esters is 1. The summed E-state index contributed by atoms with van der Waals surface area (Å²) in [5, 5.41) is 22.2. The van der Waals surface area contributed by atoms with Gasteiger partial charge in [0.2, 0.25) is 0 Å². The van der Waals surface area contributed by atoms with Crippen LogP contribution in [0, 0.1) is 0 Å². The maximum Gasteiger partial charge on any atom is 0.337 e. The lowest BCUT2D eigenvalue weighted by Gasteiger charge is -2.11. The number of rotatable bonds is 3. The van der Waals surface area contributed by atoms with Crippen molar-refractivity contribution in [1.82, 2.24) is 0 Å². The molecule has 0 aromatic heterocycles. The molecule has 98 valence electrons. The SMILES string of the molecule is COC(=O)c1ccc(O)c(Nc2ccccc2O)c1. The van der Waals surface area contributed by atoms with Crippen molar-refractivity contribution in [2.45, 2.75) is 0 Å². The second-order valence-electron chi connectivity index (χ2n) is 3.87. The minimum absolute atomic E-state index is 0.0316. The Morgan fingerprint density at radius 3 is 2.42 bits per heavy atom. The highest BCUT2D eigenvalue weighted by Crippen LogP contribution is 2.31. The molecule has 2 aromatic rings. The molecule has 0 aliphatic heterocycles. The van der Waals surface area contributed by atoms with Gasteiger partial charge in [-0.1, -0.05) is 12.1 Å². The maximum absolute atomic E-state index is 11.4. The molecule has 0 aliphatic carbocycles. The number of phenolic OH excluding ortho intramolecular Hbond substituents is 2. The molecule has 0 aliphatic rings. The molecule has 0 atom stereocenters. The third-order valence-corrected chi connectivity index (χ3v) is 2.59. The first-order valence-corrected chi connectivity index (χ1v) is 5.58. The number of anilines is 2. The van der Waals surface area contributed by atoms with Crippen LogP contribution in [0.25, 0.3) is 0 Å². The zero-order chi connectivity index (χ0) is 13.8. The maximum atomic E-state index is 11.4. The topological polar surface area (TPSA) is 78.8 Å². The zero-order valence-electron chi connectivity index (χ0n) is 10.3. The van der Waals surface area contributed by atoms with E-state index in [-0.39, 0.29) is 11.5 Å². The second kappa shape index (κ2) is 5.30. The largest absolute Gasteiger partial charge is 0.506 e. The molecular weight excluding hydrogens is 246 g/mol. The van der Waals surface area contributed by atoms with Crippen LogP contribution >= 0.6 is 0 Å². The fraction of sp³-hybridized carbons (Fsp3) is 0.0714. The molecule has 0 spiro atoms. The molecule has 0 amide bonds. The molecular formula is C14H13NO4. The van der Waals surface area contributed by atoms with Gasteiger partial charge in [0, 0.05) is 0 Å². The van der Waals surface area contributed by atoms with Gasteiger partial charge < -0.3 is 20.3 Å². The molecule has 0 unspecified atom stereocenters. The van der Waals surface area contributed by atoms with Gasteiger partial charge >= 0.3 is 5.97 Å². The van der Waals surface area contributed by atoms with Crippen LogP contribution in [-0.2, 0) is 4.74 Å². The average Bonchev–Trinajstić information content (AvgIpc) is 2.42. The van der Waals surface area contributed by atoms with Gasteiger partial charge in [-0.05, 0) is 30.3 Å². The van der Waals surface area contributed by atoms with Gasteiger partial charge in [0.05, 0.1) is 24.0 Å². The van der Waals surface area contributed by atoms with Crippen LogP contribution in [0.3, 0.4) is 0 Å². The number of phenols is 2. The fourth-order valence-corrected chi connectivity index (χ4v) is 1.61. The van der Waals surface area contributed by atoms with Crippen LogP contribution in [0.15, 0.2) is 42.5 Å². The Balaban J connectivity index is 2.34. The van der Waals surface area contributed by atoms with Gasteiger partial charge in [0.25, 0.3) is 0 Å². The first kappa shape index (κ1) is 12.8. The number of aromatic hydroxyl groups is 2. The monoisotopic (exact) mass is 259 g/mol. The summed E-state index contributed by atoms with van der Waals surface area (Å²) in [5.74, 6) is -0.485. The normalized spacial score (nSPS) is 9.95. The number of carbonyl (C=O) groups is 1. The third-order valence-electron chi connectivity index (χ3n) is 2.59. The summed E-state index contributed by atoms with van der Waals surface area (Å²) in [7, 11) is 1.28. The Bertz CT molecular complexity index is 610. The lowest BCUT2D eigenvalue weighted by atomic mass is 10.1. The Hall–Kier alpha value is -2.69. The van der Waals surface area contributed by atoms with Gasteiger partial charge in [-0.2, -0.15) is 0 Å². The molecule has 0 radical (unpaired) electrons. The first-order chi connectivity index (χ1) is 9.11. The summed E-state index contributed by atoms with van der Waals surface area (Å²) in [6, 6.07) is 10.9. The molecule has 3 N–H and O–H groups in total. The van der Waals surface area contributed by atoms with Crippen LogP contribution < -0.4 is 5.32 Å². The van der Waals surface area contributed by atoms with Crippen molar-refractivity contribution in [3.8, 4) is 11.5 Å². The van der Waals surface area contributed by atoms with Crippen molar-refractivity contribution in [3.63, 3.8) is 0 Å². The highest BCUT2D eigenvalue weighted by Gasteiger charge is 2.10. The van der Waals surface area contributed by atoms with E-state index in [0.717, 1.165) is 0 Å². The first-order valence-electron chi connectivity index (χ1n) is 5.58. The molecule has 0 heterocycles. The van der Waals surface area contributed by atoms with Crippen molar-refractivity contribution in [3.05, 3.63) is 48.0 Å². The Morgan fingerprint density at radius 1 is 1.05 bits per heavy atom. The highest BCUT2D eigenvalue weighted by molar-refractivity contribution is 5.91. The fourth-order valence-electron chi connectivity index (χ4n) is 1.61. The van der Waals surface area contributed by atoms with Gasteiger partial charge in [0.1, 0.15) is 11.5 Å². The van der Waals surface area contributed by atoms with Gasteiger partial charge in [0.15, 0.2) is 0 Å². The van der Waals surface area contributed by atoms with E-state index in [1.165, 1.54) is 31.4 Å². The van der Waals surface area contributed by atoms with E-state index in [9.17, 15) is 15.0 Å². The van der Waals surface area contributed by atoms with Crippen molar-refractivity contribution in [2.24, 2.45) is 0 Å². The Labute approximate surface area is 110 Å². The van der Waals surface area contributed by atoms with Crippen LogP contribution in [0.5, 0.6) is 11.5 Å². The second-order valence-corrected chi connectivity index (χ2v) is 3.87. The minimum atomic E-state index is -0.500. The van der Waals surface area contributed by atoms with E-state index in [2.05, 4.69) is 10.1 Å². The average molecular weight is 259 g/mol. The van der Waals surface area contributed by atoms with E-state index in [1.54, 1.807) is 18.2 Å². The van der Waals surface area contributed by atoms with Crippen molar-refractivity contribution >= 4 is 17.3 Å². The van der Waals surface area contributed by atoms with E-state index in [1.807, 2.05) is 0 Å². The molecule has 0 fully saturated rings. The molecule has 5 heteroatoms. The number of para-hydroxylation sites is 2. The smallest absolute Gasteiger partial charge is 0.337 e. The molecule has 19 heavy (non-hydrogen) atoms. The van der Waals surface area contributed by atoms with E-state index in [4.69, 9.17) is 0 Å². The summed E-state index contributed by atoms with van der Waals surface area (Å²) in [6.07, 6.45) is 0. The summed E-state index contributed by atoms with van der Waals surface area (Å²) >= 11 is 0. The number of hydrogen-bond acceptors (Lipinski definition) is 5. The van der Waals surface area contributed by atoms with Gasteiger partial charge in [-0.25, -0.2) is 4.79 Å².